The van der Waals surface area contributed by atoms with Crippen LogP contribution in [0.3, 0.4) is 0 Å². The van der Waals surface area contributed by atoms with Crippen molar-refractivity contribution in [3.63, 3.8) is 0 Å². The van der Waals surface area contributed by atoms with Gasteiger partial charge >= 0.3 is 5.97 Å². The van der Waals surface area contributed by atoms with Gasteiger partial charge in [0.2, 0.25) is 18.5 Å². The highest BCUT2D eigenvalue weighted by Crippen LogP contribution is 2.34. The van der Waals surface area contributed by atoms with E-state index in [9.17, 15) is 14.4 Å². The first-order valence-corrected chi connectivity index (χ1v) is 13.7. The van der Waals surface area contributed by atoms with Gasteiger partial charge < -0.3 is 29.0 Å². The van der Waals surface area contributed by atoms with Crippen molar-refractivity contribution in [1.82, 2.24) is 4.98 Å². The molecule has 1 N–H and O–H groups in total. The molecule has 1 aliphatic rings. The van der Waals surface area contributed by atoms with E-state index < -0.39 is 17.9 Å². The maximum Gasteiger partial charge on any atom is 0.341 e. The van der Waals surface area contributed by atoms with Gasteiger partial charge in [-0.3, -0.25) is 9.59 Å². The summed E-state index contributed by atoms with van der Waals surface area (Å²) in [6, 6.07) is 21.4. The largest absolute Gasteiger partial charge is 0.497 e. The lowest BCUT2D eigenvalue weighted by atomic mass is 9.99. The zero-order chi connectivity index (χ0) is 29.5. The molecule has 11 heteroatoms. The molecule has 0 aliphatic carbocycles. The van der Waals surface area contributed by atoms with Crippen LogP contribution in [0.1, 0.15) is 32.4 Å². The van der Waals surface area contributed by atoms with E-state index in [1.54, 1.807) is 72.8 Å². The van der Waals surface area contributed by atoms with Crippen LogP contribution in [0.4, 0.5) is 5.69 Å². The van der Waals surface area contributed by atoms with E-state index in [1.165, 1.54) is 26.5 Å². The lowest BCUT2D eigenvalue weighted by Crippen LogP contribution is -2.21. The van der Waals surface area contributed by atoms with Gasteiger partial charge in [0.15, 0.2) is 17.6 Å². The van der Waals surface area contributed by atoms with Crippen molar-refractivity contribution in [3.05, 3.63) is 102 Å². The van der Waals surface area contributed by atoms with Crippen molar-refractivity contribution >= 4 is 35.1 Å². The van der Waals surface area contributed by atoms with E-state index >= 15 is 0 Å². The fourth-order valence-corrected chi connectivity index (χ4v) is 4.88. The van der Waals surface area contributed by atoms with E-state index in [2.05, 4.69) is 10.3 Å². The Kier molecular flexibility index (Phi) is 8.88. The van der Waals surface area contributed by atoms with Gasteiger partial charge in [-0.15, -0.1) is 0 Å². The molecular formula is C31H26N2O8S. The third-order valence-corrected chi connectivity index (χ3v) is 7.25. The molecule has 5 rings (SSSR count). The van der Waals surface area contributed by atoms with Gasteiger partial charge in [-0.25, -0.2) is 9.78 Å². The smallest absolute Gasteiger partial charge is 0.341 e. The first kappa shape index (κ1) is 28.5. The molecule has 0 spiro atoms. The van der Waals surface area contributed by atoms with Crippen molar-refractivity contribution in [2.45, 2.75) is 11.1 Å². The fraction of sp³-hybridized carbons (Fsp3) is 0.161. The summed E-state index contributed by atoms with van der Waals surface area (Å²) in [7, 11) is 3.06. The van der Waals surface area contributed by atoms with Crippen LogP contribution >= 0.6 is 11.8 Å². The number of benzene rings is 3. The first-order valence-electron chi connectivity index (χ1n) is 12.8. The number of carbonyl (C=O) groups excluding carboxylic acids is 3. The van der Waals surface area contributed by atoms with E-state index in [0.717, 1.165) is 11.8 Å². The molecule has 4 aromatic rings. The fourth-order valence-electron chi connectivity index (χ4n) is 4.10. The molecule has 0 saturated carbocycles. The number of hydrogen-bond acceptors (Lipinski definition) is 10. The zero-order valence-electron chi connectivity index (χ0n) is 22.7. The summed E-state index contributed by atoms with van der Waals surface area (Å²) in [4.78, 5) is 44.0. The average Bonchev–Trinajstić information content (AvgIpc) is 3.50. The Balaban J connectivity index is 1.31. The van der Waals surface area contributed by atoms with Gasteiger partial charge in [0, 0.05) is 29.1 Å². The number of aromatic nitrogens is 1. The molecule has 1 aromatic heterocycles. The van der Waals surface area contributed by atoms with Crippen LogP contribution in [0.25, 0.3) is 0 Å². The minimum absolute atomic E-state index is 0.0293. The van der Waals surface area contributed by atoms with Crippen LogP contribution < -0.4 is 24.3 Å². The maximum atomic E-state index is 13.6. The number of pyridine rings is 1. The Hall–Kier alpha value is -5.03. The number of ether oxygens (including phenoxy) is 5. The molecule has 42 heavy (non-hydrogen) atoms. The summed E-state index contributed by atoms with van der Waals surface area (Å²) < 4.78 is 26.9. The predicted octanol–water partition coefficient (Wildman–Crippen LogP) is 5.34. The Morgan fingerprint density at radius 2 is 1.60 bits per heavy atom. The SMILES string of the molecule is COc1ccc(C(=O)[C@H](OC(=O)c2cccnc2SCC(=O)Nc2ccc3c(c2)OCO3)c2ccc(OC)cc2)cc1. The molecule has 1 aliphatic heterocycles. The minimum atomic E-state index is -1.25. The highest BCUT2D eigenvalue weighted by molar-refractivity contribution is 8.00. The molecule has 10 nitrogen and oxygen atoms in total. The van der Waals surface area contributed by atoms with Gasteiger partial charge in [-0.1, -0.05) is 23.9 Å². The number of thioether (sulfide) groups is 1. The summed E-state index contributed by atoms with van der Waals surface area (Å²) in [5, 5.41) is 3.08. The van der Waals surface area contributed by atoms with Crippen molar-refractivity contribution in [1.29, 1.82) is 0 Å². The average molecular weight is 587 g/mol. The van der Waals surface area contributed by atoms with E-state index in [1.807, 2.05) is 0 Å². The first-order chi connectivity index (χ1) is 20.4. The van der Waals surface area contributed by atoms with E-state index in [4.69, 9.17) is 23.7 Å². The van der Waals surface area contributed by atoms with E-state index in [0.29, 0.717) is 39.8 Å². The van der Waals surface area contributed by atoms with Crippen LogP contribution in [-0.4, -0.2) is 49.4 Å². The van der Waals surface area contributed by atoms with Crippen LogP contribution in [0.15, 0.2) is 90.1 Å². The number of Topliss-reactive ketones (excluding diaryl/α,β-unsaturated/α-hetero) is 1. The molecule has 0 saturated heterocycles. The highest BCUT2D eigenvalue weighted by atomic mass is 32.2. The van der Waals surface area contributed by atoms with Gasteiger partial charge in [-0.2, -0.15) is 0 Å². The molecule has 1 atom stereocenters. The summed E-state index contributed by atoms with van der Waals surface area (Å²) >= 11 is 1.07. The van der Waals surface area contributed by atoms with Crippen LogP contribution in [0.5, 0.6) is 23.0 Å². The molecule has 0 radical (unpaired) electrons. The van der Waals surface area contributed by atoms with Crippen LogP contribution in [0, 0.1) is 0 Å². The number of rotatable bonds is 11. The van der Waals surface area contributed by atoms with Crippen LogP contribution in [0.2, 0.25) is 0 Å². The normalized spacial score (nSPS) is 12.2. The topological polar surface area (TPSA) is 122 Å². The number of fused-ring (bicyclic) bond motifs is 1. The third-order valence-electron chi connectivity index (χ3n) is 6.24. The predicted molar refractivity (Wildman–Crippen MR) is 155 cm³/mol. The highest BCUT2D eigenvalue weighted by Gasteiger charge is 2.28. The minimum Gasteiger partial charge on any atom is -0.497 e. The standard InChI is InChI=1S/C31H26N2O8S/c1-37-22-10-5-19(6-11-22)28(35)29(20-7-12-23(38-2)13-8-20)41-31(36)24-4-3-15-32-30(24)42-17-27(34)33-21-9-14-25-26(16-21)40-18-39-25/h3-16,29H,17-18H2,1-2H3,(H,33,34)/t29-/m1/s1. The van der Waals surface area contributed by atoms with Gasteiger partial charge in [-0.05, 0) is 60.7 Å². The quantitative estimate of drug-likeness (QED) is 0.140. The van der Waals surface area contributed by atoms with Crippen LogP contribution in [-0.2, 0) is 9.53 Å². The summed E-state index contributed by atoms with van der Waals surface area (Å²) in [5.41, 5.74) is 1.47. The number of amides is 1. The van der Waals surface area contributed by atoms with E-state index in [-0.39, 0.29) is 29.0 Å². The van der Waals surface area contributed by atoms with Crippen molar-refractivity contribution in [2.24, 2.45) is 0 Å². The number of carbonyl (C=O) groups is 3. The molecule has 214 valence electrons. The lowest BCUT2D eigenvalue weighted by molar-refractivity contribution is -0.113. The molecule has 2 heterocycles. The summed E-state index contributed by atoms with van der Waals surface area (Å²) in [6.07, 6.45) is 0.266. The number of hydrogen-bond donors (Lipinski definition) is 1. The molecule has 3 aromatic carbocycles. The van der Waals surface area contributed by atoms with Gasteiger partial charge in [0.05, 0.1) is 25.5 Å². The van der Waals surface area contributed by atoms with Crippen molar-refractivity contribution in [2.75, 3.05) is 32.1 Å². The van der Waals surface area contributed by atoms with Gasteiger partial charge in [0.25, 0.3) is 0 Å². The Morgan fingerprint density at radius 3 is 2.31 bits per heavy atom. The number of esters is 1. The number of anilines is 1. The summed E-state index contributed by atoms with van der Waals surface area (Å²) in [5.74, 6) is 0.813. The number of nitrogens with zero attached hydrogens (tertiary/aromatic N) is 1. The molecule has 0 fully saturated rings. The Bertz CT molecular complexity index is 1590. The second-order valence-electron chi connectivity index (χ2n) is 8.91. The maximum absolute atomic E-state index is 13.6. The number of ketones is 1. The third kappa shape index (κ3) is 6.64. The molecular weight excluding hydrogens is 560 g/mol. The summed E-state index contributed by atoms with van der Waals surface area (Å²) in [6.45, 7) is 0.131. The Morgan fingerprint density at radius 1 is 0.905 bits per heavy atom. The second kappa shape index (κ2) is 13.1. The van der Waals surface area contributed by atoms with Crippen molar-refractivity contribution < 1.29 is 38.1 Å². The van der Waals surface area contributed by atoms with Crippen molar-refractivity contribution in [3.8, 4) is 23.0 Å². The van der Waals surface area contributed by atoms with Gasteiger partial charge in [0.1, 0.15) is 16.5 Å². The molecule has 1 amide bonds. The second-order valence-corrected chi connectivity index (χ2v) is 9.88. The lowest BCUT2D eigenvalue weighted by Gasteiger charge is -2.19. The molecule has 0 unspecified atom stereocenters. The monoisotopic (exact) mass is 586 g/mol. The zero-order valence-corrected chi connectivity index (χ0v) is 23.5. The number of nitrogens with one attached hydrogen (secondary N) is 1. The number of methoxy groups -OCH3 is 2. The molecule has 0 bridgehead atoms. The Labute approximate surface area is 245 Å².